The first kappa shape index (κ1) is 16.2. The molecule has 0 aromatic heterocycles. The van der Waals surface area contributed by atoms with Crippen molar-refractivity contribution in [2.24, 2.45) is 0 Å². The number of hydrogen-bond donors (Lipinski definition) is 1. The first-order valence-corrected chi connectivity index (χ1v) is 8.50. The fourth-order valence-corrected chi connectivity index (χ4v) is 3.03. The molecule has 0 spiro atoms. The van der Waals surface area contributed by atoms with Gasteiger partial charge in [-0.2, -0.15) is 0 Å². The van der Waals surface area contributed by atoms with Crippen LogP contribution in [0.2, 0.25) is 0 Å². The van der Waals surface area contributed by atoms with Crippen molar-refractivity contribution in [1.29, 1.82) is 0 Å². The van der Waals surface area contributed by atoms with E-state index in [1.165, 1.54) is 12.8 Å². The van der Waals surface area contributed by atoms with Crippen LogP contribution < -0.4 is 5.32 Å². The number of likely N-dealkylation sites (tertiary alicyclic amines) is 1. The first-order valence-electron chi connectivity index (χ1n) is 8.50. The average molecular weight is 322 g/mol. The van der Waals surface area contributed by atoms with Gasteiger partial charge in [0.05, 0.1) is 11.1 Å². The zero-order valence-corrected chi connectivity index (χ0v) is 13.7. The van der Waals surface area contributed by atoms with Crippen molar-refractivity contribution in [1.82, 2.24) is 4.90 Å². The minimum Gasteiger partial charge on any atom is -0.339 e. The molecule has 124 valence electrons. The summed E-state index contributed by atoms with van der Waals surface area (Å²) in [5.41, 5.74) is 1.63. The maximum Gasteiger partial charge on any atom is 0.256 e. The molecular weight excluding hydrogens is 300 g/mol. The van der Waals surface area contributed by atoms with E-state index in [0.29, 0.717) is 11.1 Å². The number of rotatable bonds is 3. The quantitative estimate of drug-likeness (QED) is 0.930. The van der Waals surface area contributed by atoms with Gasteiger partial charge in [0.1, 0.15) is 0 Å². The van der Waals surface area contributed by atoms with Gasteiger partial charge < -0.3 is 10.2 Å². The molecule has 0 atom stereocenters. The van der Waals surface area contributed by atoms with Crippen LogP contribution in [0.15, 0.2) is 54.6 Å². The van der Waals surface area contributed by atoms with Crippen LogP contribution in [0.4, 0.5) is 5.69 Å². The molecule has 0 aliphatic carbocycles. The van der Waals surface area contributed by atoms with Crippen molar-refractivity contribution in [2.45, 2.75) is 25.7 Å². The summed E-state index contributed by atoms with van der Waals surface area (Å²) in [6.45, 7) is 1.54. The van der Waals surface area contributed by atoms with E-state index >= 15 is 0 Å². The van der Waals surface area contributed by atoms with Crippen LogP contribution in [0.5, 0.6) is 0 Å². The van der Waals surface area contributed by atoms with Gasteiger partial charge in [0, 0.05) is 18.8 Å². The zero-order valence-electron chi connectivity index (χ0n) is 13.7. The lowest BCUT2D eigenvalue weighted by molar-refractivity contribution is 0.0757. The Balaban J connectivity index is 1.81. The molecule has 0 radical (unpaired) electrons. The van der Waals surface area contributed by atoms with Crippen LogP contribution in [0.1, 0.15) is 46.4 Å². The molecule has 2 aromatic rings. The van der Waals surface area contributed by atoms with E-state index in [0.717, 1.165) is 31.6 Å². The lowest BCUT2D eigenvalue weighted by Crippen LogP contribution is -2.33. The Morgan fingerprint density at radius 3 is 2.00 bits per heavy atom. The summed E-state index contributed by atoms with van der Waals surface area (Å²) in [5, 5.41) is 2.86. The van der Waals surface area contributed by atoms with E-state index in [9.17, 15) is 9.59 Å². The molecule has 0 saturated carbocycles. The summed E-state index contributed by atoms with van der Waals surface area (Å²) in [7, 11) is 0. The number of hydrogen-bond acceptors (Lipinski definition) is 2. The number of carbonyl (C=O) groups excluding carboxylic acids is 2. The number of amides is 2. The molecule has 4 nitrogen and oxygen atoms in total. The summed E-state index contributed by atoms with van der Waals surface area (Å²) in [6, 6.07) is 16.3. The molecule has 1 aliphatic rings. The zero-order chi connectivity index (χ0) is 16.8. The topological polar surface area (TPSA) is 49.4 Å². The van der Waals surface area contributed by atoms with Crippen molar-refractivity contribution >= 4 is 17.5 Å². The third-order valence-corrected chi connectivity index (χ3v) is 4.33. The fraction of sp³-hybridized carbons (Fsp3) is 0.300. The van der Waals surface area contributed by atoms with E-state index in [-0.39, 0.29) is 11.8 Å². The van der Waals surface area contributed by atoms with Crippen molar-refractivity contribution < 1.29 is 9.59 Å². The van der Waals surface area contributed by atoms with Crippen molar-refractivity contribution in [3.05, 3.63) is 65.7 Å². The van der Waals surface area contributed by atoms with Gasteiger partial charge in [-0.15, -0.1) is 0 Å². The molecule has 1 heterocycles. The van der Waals surface area contributed by atoms with Gasteiger partial charge in [-0.3, -0.25) is 9.59 Å². The summed E-state index contributed by atoms with van der Waals surface area (Å²) in [5.74, 6) is -0.296. The van der Waals surface area contributed by atoms with Crippen molar-refractivity contribution in [3.63, 3.8) is 0 Å². The van der Waals surface area contributed by atoms with Crippen LogP contribution in [0, 0.1) is 0 Å². The monoisotopic (exact) mass is 322 g/mol. The molecule has 0 bridgehead atoms. The fourth-order valence-electron chi connectivity index (χ4n) is 3.03. The van der Waals surface area contributed by atoms with E-state index in [2.05, 4.69) is 5.32 Å². The lowest BCUT2D eigenvalue weighted by Gasteiger charge is -2.21. The van der Waals surface area contributed by atoms with Crippen LogP contribution in [0.3, 0.4) is 0 Å². The van der Waals surface area contributed by atoms with E-state index in [4.69, 9.17) is 0 Å². The van der Waals surface area contributed by atoms with Gasteiger partial charge in [-0.1, -0.05) is 43.2 Å². The Kier molecular flexibility index (Phi) is 5.26. The molecule has 3 rings (SSSR count). The smallest absolute Gasteiger partial charge is 0.256 e. The van der Waals surface area contributed by atoms with Crippen LogP contribution >= 0.6 is 0 Å². The number of anilines is 1. The van der Waals surface area contributed by atoms with Gasteiger partial charge in [-0.05, 0) is 37.1 Å². The predicted octanol–water partition coefficient (Wildman–Crippen LogP) is 3.96. The van der Waals surface area contributed by atoms with Crippen LogP contribution in [-0.2, 0) is 0 Å². The molecule has 2 aromatic carbocycles. The first-order chi connectivity index (χ1) is 11.8. The third-order valence-electron chi connectivity index (χ3n) is 4.33. The SMILES string of the molecule is O=C(Nc1ccccc1)c1ccccc1C(=O)N1CCCCCC1. The standard InChI is InChI=1S/C20H22N2O2/c23-19(21-16-10-4-3-5-11-16)17-12-6-7-13-18(17)20(24)22-14-8-1-2-9-15-22/h3-7,10-13H,1-2,8-9,14-15H2,(H,21,23). The second-order valence-electron chi connectivity index (χ2n) is 6.07. The van der Waals surface area contributed by atoms with E-state index in [1.807, 2.05) is 41.3 Å². The Morgan fingerprint density at radius 2 is 1.33 bits per heavy atom. The Morgan fingerprint density at radius 1 is 0.750 bits per heavy atom. The maximum atomic E-state index is 12.9. The number of carbonyl (C=O) groups is 2. The second-order valence-corrected chi connectivity index (χ2v) is 6.07. The second kappa shape index (κ2) is 7.77. The summed E-state index contributed by atoms with van der Waals surface area (Å²) >= 11 is 0. The normalized spacial score (nSPS) is 14.8. The molecular formula is C20H22N2O2. The Labute approximate surface area is 142 Å². The highest BCUT2D eigenvalue weighted by atomic mass is 16.2. The van der Waals surface area contributed by atoms with Gasteiger partial charge >= 0.3 is 0 Å². The maximum absolute atomic E-state index is 12.9. The van der Waals surface area contributed by atoms with E-state index in [1.54, 1.807) is 18.2 Å². The number of nitrogens with zero attached hydrogens (tertiary/aromatic N) is 1. The number of nitrogens with one attached hydrogen (secondary N) is 1. The molecule has 4 heteroatoms. The van der Waals surface area contributed by atoms with Gasteiger partial charge in [0.25, 0.3) is 11.8 Å². The molecule has 1 aliphatic heterocycles. The predicted molar refractivity (Wildman–Crippen MR) is 95.2 cm³/mol. The molecule has 1 fully saturated rings. The Hall–Kier alpha value is -2.62. The van der Waals surface area contributed by atoms with Crippen molar-refractivity contribution in [2.75, 3.05) is 18.4 Å². The molecule has 1 N–H and O–H groups in total. The molecule has 1 saturated heterocycles. The molecule has 2 amide bonds. The average Bonchev–Trinajstić information content (AvgIpc) is 2.91. The summed E-state index contributed by atoms with van der Waals surface area (Å²) < 4.78 is 0. The summed E-state index contributed by atoms with van der Waals surface area (Å²) in [6.07, 6.45) is 4.40. The largest absolute Gasteiger partial charge is 0.339 e. The summed E-state index contributed by atoms with van der Waals surface area (Å²) in [4.78, 5) is 27.4. The van der Waals surface area contributed by atoms with Crippen LogP contribution in [-0.4, -0.2) is 29.8 Å². The number of para-hydroxylation sites is 1. The number of benzene rings is 2. The highest BCUT2D eigenvalue weighted by molar-refractivity contribution is 6.12. The van der Waals surface area contributed by atoms with Crippen LogP contribution in [0.25, 0.3) is 0 Å². The van der Waals surface area contributed by atoms with Crippen molar-refractivity contribution in [3.8, 4) is 0 Å². The highest BCUT2D eigenvalue weighted by Gasteiger charge is 2.22. The Bertz CT molecular complexity index is 705. The molecule has 24 heavy (non-hydrogen) atoms. The molecule has 0 unspecified atom stereocenters. The minimum atomic E-state index is -0.250. The van der Waals surface area contributed by atoms with E-state index < -0.39 is 0 Å². The lowest BCUT2D eigenvalue weighted by atomic mass is 10.0. The van der Waals surface area contributed by atoms with Gasteiger partial charge in [0.2, 0.25) is 0 Å². The highest BCUT2D eigenvalue weighted by Crippen LogP contribution is 2.18. The third kappa shape index (κ3) is 3.82. The van der Waals surface area contributed by atoms with Gasteiger partial charge in [-0.25, -0.2) is 0 Å². The van der Waals surface area contributed by atoms with Gasteiger partial charge in [0.15, 0.2) is 0 Å². The minimum absolute atomic E-state index is 0.0456.